The van der Waals surface area contributed by atoms with E-state index in [2.05, 4.69) is 13.0 Å². The van der Waals surface area contributed by atoms with Gasteiger partial charge in [-0.25, -0.2) is 8.42 Å². The summed E-state index contributed by atoms with van der Waals surface area (Å²) < 4.78 is 51.7. The van der Waals surface area contributed by atoms with E-state index in [4.69, 9.17) is 23.7 Å². The molecule has 0 amide bonds. The van der Waals surface area contributed by atoms with Crippen LogP contribution in [0.2, 0.25) is 0 Å². The van der Waals surface area contributed by atoms with Gasteiger partial charge in [0.25, 0.3) is 0 Å². The highest BCUT2D eigenvalue weighted by atomic mass is 32.2. The number of aryl methyl sites for hydroxylation is 1. The van der Waals surface area contributed by atoms with Crippen molar-refractivity contribution in [3.05, 3.63) is 70.8 Å². The summed E-state index contributed by atoms with van der Waals surface area (Å²) in [5, 5.41) is 0. The Labute approximate surface area is 235 Å². The molecule has 40 heavy (non-hydrogen) atoms. The topological polar surface area (TPSA) is 97.4 Å². The van der Waals surface area contributed by atoms with Gasteiger partial charge in [-0.2, -0.15) is 0 Å². The lowest BCUT2D eigenvalue weighted by molar-refractivity contribution is -0.141. The van der Waals surface area contributed by atoms with E-state index >= 15 is 0 Å². The van der Waals surface area contributed by atoms with E-state index < -0.39 is 9.84 Å². The minimum absolute atomic E-state index is 0.0171. The average Bonchev–Trinajstić information content (AvgIpc) is 3.20. The molecule has 0 aromatic heterocycles. The number of methoxy groups -OCH3 is 1. The van der Waals surface area contributed by atoms with E-state index in [-0.39, 0.29) is 24.1 Å². The molecule has 0 spiro atoms. The lowest BCUT2D eigenvalue weighted by Crippen LogP contribution is -2.09. The zero-order chi connectivity index (χ0) is 28.3. The summed E-state index contributed by atoms with van der Waals surface area (Å²) in [4.78, 5) is 11.7. The minimum atomic E-state index is -3.00. The Morgan fingerprint density at radius 3 is 2.70 bits per heavy atom. The summed E-state index contributed by atoms with van der Waals surface area (Å²) >= 11 is 0. The molecule has 0 saturated carbocycles. The third-order valence-electron chi connectivity index (χ3n) is 7.20. The van der Waals surface area contributed by atoms with Crippen molar-refractivity contribution >= 4 is 15.8 Å². The zero-order valence-corrected chi connectivity index (χ0v) is 23.8. The molecule has 8 nitrogen and oxygen atoms in total. The van der Waals surface area contributed by atoms with Gasteiger partial charge in [0.1, 0.15) is 39.4 Å². The molecule has 5 rings (SSSR count). The molecule has 0 radical (unpaired) electrons. The van der Waals surface area contributed by atoms with Crippen molar-refractivity contribution in [2.24, 2.45) is 0 Å². The molecule has 0 fully saturated rings. The Morgan fingerprint density at radius 1 is 1.05 bits per heavy atom. The number of carbonyl (C=O) groups is 1. The van der Waals surface area contributed by atoms with Crippen LogP contribution in [0.5, 0.6) is 23.0 Å². The summed E-state index contributed by atoms with van der Waals surface area (Å²) in [5.74, 6) is 2.79. The first kappa shape index (κ1) is 27.8. The van der Waals surface area contributed by atoms with E-state index in [9.17, 15) is 13.2 Å². The van der Waals surface area contributed by atoms with E-state index in [1.807, 2.05) is 42.5 Å². The fourth-order valence-corrected chi connectivity index (χ4v) is 5.93. The van der Waals surface area contributed by atoms with Crippen molar-refractivity contribution in [1.29, 1.82) is 0 Å². The number of hydrogen-bond donors (Lipinski definition) is 0. The number of sulfone groups is 1. The summed E-state index contributed by atoms with van der Waals surface area (Å²) in [6.45, 7) is 3.68. The third-order valence-corrected chi connectivity index (χ3v) is 8.23. The van der Waals surface area contributed by atoms with Crippen LogP contribution >= 0.6 is 0 Å². The second kappa shape index (κ2) is 11.8. The zero-order valence-electron chi connectivity index (χ0n) is 23.0. The molecule has 0 saturated heterocycles. The van der Waals surface area contributed by atoms with Crippen molar-refractivity contribution in [2.75, 3.05) is 38.9 Å². The maximum atomic E-state index is 11.7. The summed E-state index contributed by atoms with van der Waals surface area (Å²) in [5.41, 5.74) is 6.26. The molecule has 2 heterocycles. The number of para-hydroxylation sites is 1. The largest absolute Gasteiger partial charge is 0.494 e. The van der Waals surface area contributed by atoms with Crippen LogP contribution in [0, 0.1) is 6.92 Å². The third kappa shape index (κ3) is 6.36. The first-order chi connectivity index (χ1) is 19.2. The van der Waals surface area contributed by atoms with Crippen LogP contribution in [0.1, 0.15) is 41.0 Å². The van der Waals surface area contributed by atoms with Crippen LogP contribution in [0.25, 0.3) is 11.1 Å². The number of benzene rings is 3. The summed E-state index contributed by atoms with van der Waals surface area (Å²) in [6, 6.07) is 15.8. The summed E-state index contributed by atoms with van der Waals surface area (Å²) in [6.07, 6.45) is 2.70. The normalized spacial score (nSPS) is 15.5. The first-order valence-corrected chi connectivity index (χ1v) is 15.4. The number of fused-ring (bicyclic) bond motifs is 4. The average molecular weight is 567 g/mol. The van der Waals surface area contributed by atoms with Gasteiger partial charge in [-0.3, -0.25) is 4.79 Å². The maximum Gasteiger partial charge on any atom is 0.306 e. The second-order valence-electron chi connectivity index (χ2n) is 10.3. The maximum absolute atomic E-state index is 11.7. The van der Waals surface area contributed by atoms with Gasteiger partial charge in [0.05, 0.1) is 39.1 Å². The molecule has 2 aliphatic rings. The highest BCUT2D eigenvalue weighted by molar-refractivity contribution is 7.90. The molecule has 0 bridgehead atoms. The number of hydrogen-bond acceptors (Lipinski definition) is 8. The van der Waals surface area contributed by atoms with Crippen molar-refractivity contribution in [3.63, 3.8) is 0 Å². The van der Waals surface area contributed by atoms with Gasteiger partial charge in [-0.05, 0) is 48.2 Å². The Kier molecular flexibility index (Phi) is 8.21. The fraction of sp³-hybridized carbons (Fsp3) is 0.387. The van der Waals surface area contributed by atoms with Crippen molar-refractivity contribution < 1.29 is 36.9 Å². The monoisotopic (exact) mass is 566 g/mol. The van der Waals surface area contributed by atoms with Gasteiger partial charge in [-0.1, -0.05) is 24.3 Å². The Balaban J connectivity index is 1.31. The molecule has 1 atom stereocenters. The number of rotatable bonds is 10. The highest BCUT2D eigenvalue weighted by Crippen LogP contribution is 2.42. The number of esters is 1. The molecule has 3 aromatic carbocycles. The van der Waals surface area contributed by atoms with Gasteiger partial charge in [0.2, 0.25) is 0 Å². The van der Waals surface area contributed by atoms with Crippen LogP contribution in [0.3, 0.4) is 0 Å². The number of ether oxygens (including phenoxy) is 5. The van der Waals surface area contributed by atoms with E-state index in [1.165, 1.54) is 13.4 Å². The van der Waals surface area contributed by atoms with Crippen molar-refractivity contribution in [1.82, 2.24) is 0 Å². The molecule has 212 valence electrons. The van der Waals surface area contributed by atoms with Gasteiger partial charge < -0.3 is 23.7 Å². The van der Waals surface area contributed by atoms with Crippen LogP contribution in [0.15, 0.2) is 48.5 Å². The molecule has 0 aliphatic carbocycles. The molecule has 0 N–H and O–H groups in total. The van der Waals surface area contributed by atoms with Crippen LogP contribution in [0.4, 0.5) is 0 Å². The van der Waals surface area contributed by atoms with E-state index in [1.54, 1.807) is 0 Å². The number of carbonyl (C=O) groups excluding carboxylic acids is 1. The Morgan fingerprint density at radius 2 is 1.90 bits per heavy atom. The smallest absolute Gasteiger partial charge is 0.306 e. The lowest BCUT2D eigenvalue weighted by atomic mass is 9.92. The minimum Gasteiger partial charge on any atom is -0.494 e. The first-order valence-electron chi connectivity index (χ1n) is 13.4. The fourth-order valence-electron chi connectivity index (χ4n) is 5.29. The predicted octanol–water partition coefficient (Wildman–Crippen LogP) is 5.03. The van der Waals surface area contributed by atoms with Crippen LogP contribution < -0.4 is 18.9 Å². The van der Waals surface area contributed by atoms with Crippen LogP contribution in [-0.4, -0.2) is 53.3 Å². The molecule has 3 aromatic rings. The Bertz CT molecular complexity index is 1510. The van der Waals surface area contributed by atoms with Gasteiger partial charge in [0, 0.05) is 41.4 Å². The molecule has 0 unspecified atom stereocenters. The highest BCUT2D eigenvalue weighted by Gasteiger charge is 2.27. The van der Waals surface area contributed by atoms with Crippen molar-refractivity contribution in [2.45, 2.75) is 38.7 Å². The van der Waals surface area contributed by atoms with Crippen LogP contribution in [-0.2, 0) is 32.4 Å². The summed E-state index contributed by atoms with van der Waals surface area (Å²) in [7, 11) is -1.61. The van der Waals surface area contributed by atoms with Gasteiger partial charge in [-0.15, -0.1) is 0 Å². The predicted molar refractivity (Wildman–Crippen MR) is 151 cm³/mol. The van der Waals surface area contributed by atoms with Crippen molar-refractivity contribution in [3.8, 4) is 34.1 Å². The Hall–Kier alpha value is -3.72. The SMILES string of the molecule is COC(=O)C[C@@H]1COc2cc(OCc3cccc4c3OCCc3cc(OCCCS(C)(=O)=O)cc(C)c3-4)ccc21. The van der Waals surface area contributed by atoms with E-state index in [0.717, 1.165) is 57.1 Å². The molecular weight excluding hydrogens is 532 g/mol. The standard InChI is InChI=1S/C31H34O8S/c1-20-14-25(36-11-5-13-40(3,33)34)15-21-10-12-37-31-22(6-4-7-27(31)30(20)21)18-38-24-8-9-26-23(16-29(32)35-2)19-39-28(26)17-24/h4,6-9,14-15,17,23H,5,10-13,16,18-19H2,1-3H3/t23-/m1/s1. The molecule has 2 aliphatic heterocycles. The van der Waals surface area contributed by atoms with Gasteiger partial charge in [0.15, 0.2) is 0 Å². The van der Waals surface area contributed by atoms with E-state index in [0.29, 0.717) is 38.6 Å². The van der Waals surface area contributed by atoms with Gasteiger partial charge >= 0.3 is 5.97 Å². The second-order valence-corrected chi connectivity index (χ2v) is 12.5. The lowest BCUT2D eigenvalue weighted by Gasteiger charge is -2.17. The molecular formula is C31H34O8S. The quantitative estimate of drug-likeness (QED) is 0.249. The molecule has 9 heteroatoms.